The first-order valence-corrected chi connectivity index (χ1v) is 14.7. The first-order valence-electron chi connectivity index (χ1n) is 13.8. The first kappa shape index (κ1) is 27.1. The fourth-order valence-corrected chi connectivity index (χ4v) is 6.23. The van der Waals surface area contributed by atoms with Crippen LogP contribution in [0.4, 0.5) is 5.69 Å². The zero-order valence-electron chi connectivity index (χ0n) is 22.5. The number of carbonyl (C=O) groups excluding carboxylic acids is 3. The molecule has 1 fully saturated rings. The van der Waals surface area contributed by atoms with E-state index in [0.717, 1.165) is 36.8 Å². The second kappa shape index (κ2) is 12.2. The van der Waals surface area contributed by atoms with Crippen LogP contribution >= 0.6 is 11.8 Å². The molecule has 0 unspecified atom stereocenters. The molecule has 2 aliphatic heterocycles. The van der Waals surface area contributed by atoms with Gasteiger partial charge in [-0.05, 0) is 43.9 Å². The molecule has 2 atom stereocenters. The lowest BCUT2D eigenvalue weighted by Gasteiger charge is -2.27. The molecule has 8 nitrogen and oxygen atoms in total. The Morgan fingerprint density at radius 3 is 2.56 bits per heavy atom. The number of para-hydroxylation sites is 1. The van der Waals surface area contributed by atoms with Gasteiger partial charge in [0.1, 0.15) is 11.9 Å². The van der Waals surface area contributed by atoms with Gasteiger partial charge in [0.25, 0.3) is 5.91 Å². The number of aliphatic imine (C=N–C) groups is 2. The minimum atomic E-state index is -0.809. The molecule has 1 saturated carbocycles. The van der Waals surface area contributed by atoms with E-state index in [1.165, 1.54) is 28.6 Å². The van der Waals surface area contributed by atoms with Crippen molar-refractivity contribution in [3.63, 3.8) is 0 Å². The topological polar surface area (TPSA) is 103 Å². The highest BCUT2D eigenvalue weighted by Crippen LogP contribution is 2.35. The van der Waals surface area contributed by atoms with Gasteiger partial charge in [-0.25, -0.2) is 9.89 Å². The predicted molar refractivity (Wildman–Crippen MR) is 155 cm³/mol. The van der Waals surface area contributed by atoms with E-state index in [-0.39, 0.29) is 30.2 Å². The zero-order valence-corrected chi connectivity index (χ0v) is 23.3. The highest BCUT2D eigenvalue weighted by Gasteiger charge is 2.43. The van der Waals surface area contributed by atoms with E-state index >= 15 is 0 Å². The van der Waals surface area contributed by atoms with Crippen molar-refractivity contribution in [1.82, 2.24) is 15.5 Å². The molecule has 0 radical (unpaired) electrons. The number of amidine groups is 2. The standard InChI is InChI=1S/C30H35N5O3S/c1-3-25(28(37)31-18-20-15-13-19(2)14-16-20)39-30-34-23-12-8-7-11-22(23)27-33-24(29(38)35(27)30)17-26(36)32-21-9-5-4-6-10-21/h7-8,11-16,21,24-25H,3-6,9-10,17-18H2,1-2H3,(H,31,37)(H,32,36)/t24-,25-/m1/s1. The lowest BCUT2D eigenvalue weighted by atomic mass is 9.95. The number of benzene rings is 2. The van der Waals surface area contributed by atoms with Crippen molar-refractivity contribution >= 4 is 46.2 Å². The fourth-order valence-electron chi connectivity index (χ4n) is 5.18. The number of fused-ring (bicyclic) bond motifs is 3. The summed E-state index contributed by atoms with van der Waals surface area (Å²) in [4.78, 5) is 50.5. The van der Waals surface area contributed by atoms with E-state index in [2.05, 4.69) is 10.6 Å². The van der Waals surface area contributed by atoms with Gasteiger partial charge in [-0.2, -0.15) is 0 Å². The molecule has 0 spiro atoms. The van der Waals surface area contributed by atoms with E-state index in [1.807, 2.05) is 62.4 Å². The monoisotopic (exact) mass is 545 g/mol. The molecule has 2 aromatic carbocycles. The summed E-state index contributed by atoms with van der Waals surface area (Å²) >= 11 is 1.27. The van der Waals surface area contributed by atoms with Gasteiger partial charge >= 0.3 is 0 Å². The van der Waals surface area contributed by atoms with Crippen LogP contribution in [0.5, 0.6) is 0 Å². The van der Waals surface area contributed by atoms with Gasteiger partial charge in [-0.15, -0.1) is 0 Å². The highest BCUT2D eigenvalue weighted by molar-refractivity contribution is 8.15. The van der Waals surface area contributed by atoms with Crippen molar-refractivity contribution < 1.29 is 14.4 Å². The lowest BCUT2D eigenvalue weighted by molar-refractivity contribution is -0.129. The Morgan fingerprint density at radius 1 is 1.08 bits per heavy atom. The van der Waals surface area contributed by atoms with Crippen LogP contribution in [-0.2, 0) is 20.9 Å². The van der Waals surface area contributed by atoms with Crippen LogP contribution < -0.4 is 10.6 Å². The minimum absolute atomic E-state index is 0.00366. The summed E-state index contributed by atoms with van der Waals surface area (Å²) < 4.78 is 0. The summed E-state index contributed by atoms with van der Waals surface area (Å²) in [5.41, 5.74) is 3.64. The van der Waals surface area contributed by atoms with Crippen LogP contribution in [0.25, 0.3) is 0 Å². The summed E-state index contributed by atoms with van der Waals surface area (Å²) in [6.45, 7) is 4.40. The van der Waals surface area contributed by atoms with Crippen LogP contribution in [-0.4, -0.2) is 51.0 Å². The van der Waals surface area contributed by atoms with Crippen molar-refractivity contribution in [2.45, 2.75) is 82.7 Å². The van der Waals surface area contributed by atoms with Crippen LogP contribution in [0.15, 0.2) is 58.5 Å². The molecule has 9 heteroatoms. The molecular weight excluding hydrogens is 510 g/mol. The SMILES string of the molecule is CC[C@@H](SC1=Nc2ccccc2C2=N[C@H](CC(=O)NC3CCCCC3)C(=O)N12)C(=O)NCc1ccc(C)cc1. The Morgan fingerprint density at radius 2 is 1.82 bits per heavy atom. The maximum absolute atomic E-state index is 13.6. The second-order valence-corrected chi connectivity index (χ2v) is 11.5. The predicted octanol–water partition coefficient (Wildman–Crippen LogP) is 4.62. The van der Waals surface area contributed by atoms with Gasteiger partial charge in [0.05, 0.1) is 17.4 Å². The second-order valence-electron chi connectivity index (χ2n) is 10.4. The number of carbonyl (C=O) groups is 3. The molecule has 2 N–H and O–H groups in total. The van der Waals surface area contributed by atoms with Crippen LogP contribution in [0.1, 0.15) is 68.6 Å². The third-order valence-electron chi connectivity index (χ3n) is 7.39. The third kappa shape index (κ3) is 6.24. The Balaban J connectivity index is 1.30. The molecule has 5 rings (SSSR count). The molecule has 1 aliphatic carbocycles. The van der Waals surface area contributed by atoms with Crippen molar-refractivity contribution in [2.75, 3.05) is 0 Å². The molecule has 204 valence electrons. The van der Waals surface area contributed by atoms with Gasteiger partial charge in [0.2, 0.25) is 11.8 Å². The molecule has 0 saturated heterocycles. The minimum Gasteiger partial charge on any atom is -0.353 e. The van der Waals surface area contributed by atoms with Crippen LogP contribution in [0.3, 0.4) is 0 Å². The van der Waals surface area contributed by atoms with Crippen molar-refractivity contribution in [3.05, 3.63) is 65.2 Å². The quantitative estimate of drug-likeness (QED) is 0.505. The highest BCUT2D eigenvalue weighted by atomic mass is 32.2. The summed E-state index contributed by atoms with van der Waals surface area (Å²) in [5.74, 6) is -0.0399. The van der Waals surface area contributed by atoms with E-state index in [9.17, 15) is 14.4 Å². The number of nitrogens with zero attached hydrogens (tertiary/aromatic N) is 3. The molecule has 2 heterocycles. The number of rotatable bonds is 8. The van der Waals surface area contributed by atoms with Crippen LogP contribution in [0, 0.1) is 6.92 Å². The van der Waals surface area contributed by atoms with E-state index in [0.29, 0.717) is 29.7 Å². The molecule has 0 bridgehead atoms. The maximum atomic E-state index is 13.6. The molecule has 2 aromatic rings. The first-order chi connectivity index (χ1) is 18.9. The number of hydrogen-bond acceptors (Lipinski definition) is 6. The van der Waals surface area contributed by atoms with Gasteiger partial charge < -0.3 is 10.6 Å². The smallest absolute Gasteiger partial charge is 0.259 e. The molecular formula is C30H35N5O3S. The van der Waals surface area contributed by atoms with Gasteiger partial charge in [0.15, 0.2) is 5.17 Å². The Bertz CT molecular complexity index is 1300. The van der Waals surface area contributed by atoms with E-state index in [4.69, 9.17) is 9.98 Å². The van der Waals surface area contributed by atoms with Crippen molar-refractivity contribution in [3.8, 4) is 0 Å². The lowest BCUT2D eigenvalue weighted by Crippen LogP contribution is -2.44. The Hall–Kier alpha value is -3.46. The molecule has 3 amide bonds. The number of amides is 3. The number of aryl methyl sites for hydroxylation is 1. The summed E-state index contributed by atoms with van der Waals surface area (Å²) in [6.07, 6.45) is 5.98. The summed E-state index contributed by atoms with van der Waals surface area (Å²) in [7, 11) is 0. The largest absolute Gasteiger partial charge is 0.353 e. The van der Waals surface area contributed by atoms with Crippen molar-refractivity contribution in [2.24, 2.45) is 9.98 Å². The van der Waals surface area contributed by atoms with E-state index < -0.39 is 11.3 Å². The van der Waals surface area contributed by atoms with Crippen LogP contribution in [0.2, 0.25) is 0 Å². The normalized spacial score (nSPS) is 19.5. The van der Waals surface area contributed by atoms with Gasteiger partial charge in [-0.1, -0.05) is 79.9 Å². The summed E-state index contributed by atoms with van der Waals surface area (Å²) in [6, 6.07) is 14.9. The third-order valence-corrected chi connectivity index (χ3v) is 8.71. The maximum Gasteiger partial charge on any atom is 0.259 e. The average Bonchev–Trinajstić information content (AvgIpc) is 3.27. The van der Waals surface area contributed by atoms with Crippen molar-refractivity contribution in [1.29, 1.82) is 0 Å². The van der Waals surface area contributed by atoms with E-state index in [1.54, 1.807) is 0 Å². The van der Waals surface area contributed by atoms with Gasteiger partial charge in [-0.3, -0.25) is 19.4 Å². The summed E-state index contributed by atoms with van der Waals surface area (Å²) in [5, 5.41) is 6.10. The molecule has 0 aromatic heterocycles. The Labute approximate surface area is 233 Å². The molecule has 39 heavy (non-hydrogen) atoms. The number of nitrogens with one attached hydrogen (secondary N) is 2. The average molecular weight is 546 g/mol. The van der Waals surface area contributed by atoms with Gasteiger partial charge in [0, 0.05) is 18.2 Å². The zero-order chi connectivity index (χ0) is 27.4. The molecule has 3 aliphatic rings. The number of thioether (sulfide) groups is 1. The number of hydrogen-bond donors (Lipinski definition) is 2. The fraction of sp³-hybridized carbons (Fsp3) is 0.433. The Kier molecular flexibility index (Phi) is 8.45.